The van der Waals surface area contributed by atoms with E-state index in [4.69, 9.17) is 0 Å². The Kier molecular flexibility index (Phi) is 6.01. The van der Waals surface area contributed by atoms with Gasteiger partial charge in [-0.25, -0.2) is 9.18 Å². The van der Waals surface area contributed by atoms with Crippen molar-refractivity contribution in [2.75, 3.05) is 26.7 Å². The molecule has 7 nitrogen and oxygen atoms in total. The number of hydrogen-bond acceptors (Lipinski definition) is 3. The van der Waals surface area contributed by atoms with Crippen molar-refractivity contribution in [3.05, 3.63) is 35.1 Å². The molecule has 1 saturated heterocycles. The fourth-order valence-corrected chi connectivity index (χ4v) is 2.33. The molecule has 0 radical (unpaired) electrons. The quantitative estimate of drug-likeness (QED) is 0.311. The van der Waals surface area contributed by atoms with E-state index in [0.717, 1.165) is 17.0 Å². The number of alkyl halides is 3. The van der Waals surface area contributed by atoms with Gasteiger partial charge in [0.05, 0.1) is 12.1 Å². The highest BCUT2D eigenvalue weighted by atomic mass is 19.4. The molecule has 26 heavy (non-hydrogen) atoms. The Morgan fingerprint density at radius 3 is 2.62 bits per heavy atom. The van der Waals surface area contributed by atoms with Crippen LogP contribution in [0, 0.1) is 5.82 Å². The van der Waals surface area contributed by atoms with Gasteiger partial charge in [-0.15, -0.1) is 0 Å². The highest BCUT2D eigenvalue weighted by Crippen LogP contribution is 2.32. The zero-order valence-corrected chi connectivity index (χ0v) is 13.8. The first-order chi connectivity index (χ1) is 12.2. The standard InChI is InChI=1S/C15H17F4N5O2/c1-20-13(21-4-5-24-12(25)8-23-14(24)26)22-7-9-2-3-10(16)6-11(9)15(17,18)19/h2-3,6H,4-5,7-8H2,1H3,(H,23,26)(H2,20,21,22). The molecule has 1 aromatic carbocycles. The first kappa shape index (κ1) is 19.5. The second-order valence-electron chi connectivity index (χ2n) is 5.36. The van der Waals surface area contributed by atoms with Crippen LogP contribution in [0.5, 0.6) is 0 Å². The van der Waals surface area contributed by atoms with Gasteiger partial charge in [0, 0.05) is 26.7 Å². The van der Waals surface area contributed by atoms with Gasteiger partial charge in [-0.05, 0) is 17.7 Å². The van der Waals surface area contributed by atoms with Crippen LogP contribution in [0.1, 0.15) is 11.1 Å². The molecule has 0 spiro atoms. The minimum Gasteiger partial charge on any atom is -0.355 e. The van der Waals surface area contributed by atoms with Crippen LogP contribution in [-0.4, -0.2) is 49.5 Å². The molecule has 1 aromatic rings. The molecular formula is C15H17F4N5O2. The number of nitrogens with one attached hydrogen (secondary N) is 3. The van der Waals surface area contributed by atoms with Crippen molar-refractivity contribution >= 4 is 17.9 Å². The molecule has 1 aliphatic rings. The summed E-state index contributed by atoms with van der Waals surface area (Å²) >= 11 is 0. The van der Waals surface area contributed by atoms with E-state index in [0.29, 0.717) is 6.07 Å². The number of hydrogen-bond donors (Lipinski definition) is 3. The summed E-state index contributed by atoms with van der Waals surface area (Å²) in [6.07, 6.45) is -4.68. The predicted octanol–water partition coefficient (Wildman–Crippen LogP) is 1.06. The molecule has 1 fully saturated rings. The molecular weight excluding hydrogens is 358 g/mol. The molecule has 0 aliphatic carbocycles. The van der Waals surface area contributed by atoms with Crippen molar-refractivity contribution in [3.8, 4) is 0 Å². The monoisotopic (exact) mass is 375 g/mol. The molecule has 3 amide bonds. The van der Waals surface area contributed by atoms with Gasteiger partial charge < -0.3 is 16.0 Å². The molecule has 0 aromatic heterocycles. The van der Waals surface area contributed by atoms with E-state index in [-0.39, 0.29) is 43.6 Å². The van der Waals surface area contributed by atoms with Crippen molar-refractivity contribution < 1.29 is 27.2 Å². The Hall–Kier alpha value is -2.85. The molecule has 0 bridgehead atoms. The van der Waals surface area contributed by atoms with Gasteiger partial charge in [0.15, 0.2) is 5.96 Å². The van der Waals surface area contributed by atoms with Crippen LogP contribution in [0.25, 0.3) is 0 Å². The number of nitrogens with zero attached hydrogens (tertiary/aromatic N) is 2. The minimum atomic E-state index is -4.68. The second-order valence-corrected chi connectivity index (χ2v) is 5.36. The van der Waals surface area contributed by atoms with Crippen LogP contribution in [0.15, 0.2) is 23.2 Å². The third-order valence-corrected chi connectivity index (χ3v) is 3.61. The fraction of sp³-hybridized carbons (Fsp3) is 0.400. The number of rotatable bonds is 5. The maximum atomic E-state index is 13.1. The van der Waals surface area contributed by atoms with Crippen LogP contribution in [0.4, 0.5) is 22.4 Å². The van der Waals surface area contributed by atoms with Crippen LogP contribution in [-0.2, 0) is 17.5 Å². The van der Waals surface area contributed by atoms with Gasteiger partial charge in [0.2, 0.25) is 5.91 Å². The smallest absolute Gasteiger partial charge is 0.355 e. The summed E-state index contributed by atoms with van der Waals surface area (Å²) < 4.78 is 52.0. The van der Waals surface area contributed by atoms with Gasteiger partial charge in [0.1, 0.15) is 5.82 Å². The Morgan fingerprint density at radius 1 is 1.31 bits per heavy atom. The lowest BCUT2D eigenvalue weighted by Gasteiger charge is -2.17. The summed E-state index contributed by atoms with van der Waals surface area (Å²) in [4.78, 5) is 27.7. The van der Waals surface area contributed by atoms with Gasteiger partial charge in [-0.1, -0.05) is 6.07 Å². The van der Waals surface area contributed by atoms with Crippen molar-refractivity contribution in [2.24, 2.45) is 4.99 Å². The van der Waals surface area contributed by atoms with Gasteiger partial charge >= 0.3 is 12.2 Å². The first-order valence-corrected chi connectivity index (χ1v) is 7.60. The number of guanidine groups is 1. The van der Waals surface area contributed by atoms with Crippen molar-refractivity contribution in [2.45, 2.75) is 12.7 Å². The summed E-state index contributed by atoms with van der Waals surface area (Å²) in [5.41, 5.74) is -1.21. The number of carbonyl (C=O) groups excluding carboxylic acids is 2. The first-order valence-electron chi connectivity index (χ1n) is 7.60. The lowest BCUT2D eigenvalue weighted by molar-refractivity contribution is -0.138. The molecule has 1 aliphatic heterocycles. The number of halogens is 4. The van der Waals surface area contributed by atoms with Gasteiger partial charge in [-0.2, -0.15) is 13.2 Å². The molecule has 0 saturated carbocycles. The molecule has 142 valence electrons. The average Bonchev–Trinajstić information content (AvgIpc) is 2.89. The Balaban J connectivity index is 1.91. The molecule has 3 N–H and O–H groups in total. The molecule has 2 rings (SSSR count). The van der Waals surface area contributed by atoms with Gasteiger partial charge in [-0.3, -0.25) is 14.7 Å². The van der Waals surface area contributed by atoms with Crippen molar-refractivity contribution in [3.63, 3.8) is 0 Å². The highest BCUT2D eigenvalue weighted by Gasteiger charge is 2.33. The highest BCUT2D eigenvalue weighted by molar-refractivity contribution is 6.01. The number of aliphatic imine (C=N–C) groups is 1. The van der Waals surface area contributed by atoms with Crippen molar-refractivity contribution in [1.29, 1.82) is 0 Å². The summed E-state index contributed by atoms with van der Waals surface area (Å²) in [7, 11) is 1.42. The molecule has 0 atom stereocenters. The van der Waals surface area contributed by atoms with E-state index in [9.17, 15) is 27.2 Å². The lowest BCUT2D eigenvalue weighted by Crippen LogP contribution is -2.43. The zero-order valence-electron chi connectivity index (χ0n) is 13.8. The van der Waals surface area contributed by atoms with Crippen LogP contribution < -0.4 is 16.0 Å². The number of imide groups is 1. The topological polar surface area (TPSA) is 85.8 Å². The number of urea groups is 1. The predicted molar refractivity (Wildman–Crippen MR) is 84.7 cm³/mol. The number of amides is 3. The largest absolute Gasteiger partial charge is 0.416 e. The van der Waals surface area contributed by atoms with Crippen LogP contribution in [0.2, 0.25) is 0 Å². The van der Waals surface area contributed by atoms with E-state index < -0.39 is 23.6 Å². The summed E-state index contributed by atoms with van der Waals surface area (Å²) in [5, 5.41) is 7.83. The Labute approximate surface area is 146 Å². The third kappa shape index (κ3) is 4.83. The van der Waals surface area contributed by atoms with Crippen LogP contribution in [0.3, 0.4) is 0 Å². The Morgan fingerprint density at radius 2 is 2.04 bits per heavy atom. The second kappa shape index (κ2) is 8.02. The van der Waals surface area contributed by atoms with Crippen molar-refractivity contribution in [1.82, 2.24) is 20.9 Å². The maximum Gasteiger partial charge on any atom is 0.416 e. The zero-order chi connectivity index (χ0) is 19.3. The van der Waals surface area contributed by atoms with E-state index in [1.54, 1.807) is 0 Å². The van der Waals surface area contributed by atoms with Crippen LogP contribution >= 0.6 is 0 Å². The molecule has 11 heteroatoms. The molecule has 0 unspecified atom stereocenters. The summed E-state index contributed by atoms with van der Waals surface area (Å²) in [6.45, 7) is -0.0569. The normalized spacial score (nSPS) is 15.3. The minimum absolute atomic E-state index is 0.0589. The van der Waals surface area contributed by atoms with E-state index in [1.807, 2.05) is 0 Å². The summed E-state index contributed by atoms with van der Waals surface area (Å²) in [6, 6.07) is 1.93. The van der Waals surface area contributed by atoms with E-state index in [1.165, 1.54) is 7.05 Å². The number of benzene rings is 1. The third-order valence-electron chi connectivity index (χ3n) is 3.61. The number of carbonyl (C=O) groups is 2. The van der Waals surface area contributed by atoms with E-state index >= 15 is 0 Å². The van der Waals surface area contributed by atoms with Gasteiger partial charge in [0.25, 0.3) is 0 Å². The maximum absolute atomic E-state index is 13.1. The SMILES string of the molecule is CN=C(NCCN1C(=O)CNC1=O)NCc1ccc(F)cc1C(F)(F)F. The Bertz CT molecular complexity index is 704. The summed E-state index contributed by atoms with van der Waals surface area (Å²) in [5.74, 6) is -1.16. The lowest BCUT2D eigenvalue weighted by atomic mass is 10.1. The fourth-order valence-electron chi connectivity index (χ4n) is 2.33. The molecule has 1 heterocycles. The van der Waals surface area contributed by atoms with E-state index in [2.05, 4.69) is 20.9 Å². The average molecular weight is 375 g/mol.